The lowest BCUT2D eigenvalue weighted by Gasteiger charge is -2.36. The van der Waals surface area contributed by atoms with Crippen molar-refractivity contribution in [2.45, 2.75) is 57.8 Å². The highest BCUT2D eigenvalue weighted by Crippen LogP contribution is 2.37. The molecule has 0 aliphatic carbocycles. The summed E-state index contributed by atoms with van der Waals surface area (Å²) in [5.41, 5.74) is 3.25. The Labute approximate surface area is 234 Å². The first-order chi connectivity index (χ1) is 18.5. The summed E-state index contributed by atoms with van der Waals surface area (Å²) in [7, 11) is 1.01. The maximum absolute atomic E-state index is 11.7. The van der Waals surface area contributed by atoms with Crippen LogP contribution in [0.25, 0.3) is 11.1 Å². The monoisotopic (exact) mass is 550 g/mol. The minimum Gasteiger partial charge on any atom is -0.544 e. The second kappa shape index (κ2) is 13.7. The molecule has 0 heterocycles. The van der Waals surface area contributed by atoms with Crippen LogP contribution in [0.15, 0.2) is 72.8 Å². The van der Waals surface area contributed by atoms with Crippen molar-refractivity contribution < 1.29 is 28.2 Å². The predicted octanol–water partition coefficient (Wildman–Crippen LogP) is 7.32. The van der Waals surface area contributed by atoms with Gasteiger partial charge in [-0.1, -0.05) is 57.2 Å². The normalized spacial score (nSPS) is 12.5. The van der Waals surface area contributed by atoms with E-state index in [-0.39, 0.29) is 11.0 Å². The smallest absolute Gasteiger partial charge is 0.335 e. The topological polar surface area (TPSA) is 63.2 Å². The first-order valence-electron chi connectivity index (χ1n) is 13.4. The van der Waals surface area contributed by atoms with Crippen molar-refractivity contribution >= 4 is 14.3 Å². The standard InChI is InChI=1S/C32H42O6Si/c1-32(2,3)39(6,7)38-29-19-13-26(14-20-29)25-11-17-28(18-12-25)37-22-8-21-36-27-15-9-24(10-16-27)23-30(34-4)31(33)35-5/h9-20,30H,8,21-23H2,1-7H3. The molecule has 0 radical (unpaired) electrons. The number of rotatable bonds is 13. The second-order valence-electron chi connectivity index (χ2n) is 11.1. The molecule has 0 saturated heterocycles. The van der Waals surface area contributed by atoms with Crippen LogP contribution in [-0.4, -0.2) is 47.8 Å². The van der Waals surface area contributed by atoms with Gasteiger partial charge in [-0.2, -0.15) is 0 Å². The van der Waals surface area contributed by atoms with Crippen LogP contribution in [0.1, 0.15) is 32.8 Å². The van der Waals surface area contributed by atoms with E-state index in [4.69, 9.17) is 23.4 Å². The van der Waals surface area contributed by atoms with E-state index in [1.165, 1.54) is 14.2 Å². The van der Waals surface area contributed by atoms with Crippen molar-refractivity contribution in [2.24, 2.45) is 0 Å². The lowest BCUT2D eigenvalue weighted by molar-refractivity contribution is -0.152. The summed E-state index contributed by atoms with van der Waals surface area (Å²) in [6, 6.07) is 24.1. The molecule has 0 saturated carbocycles. The lowest BCUT2D eigenvalue weighted by atomic mass is 10.1. The van der Waals surface area contributed by atoms with Gasteiger partial charge < -0.3 is 23.4 Å². The first-order valence-corrected chi connectivity index (χ1v) is 16.3. The van der Waals surface area contributed by atoms with Crippen molar-refractivity contribution in [3.63, 3.8) is 0 Å². The van der Waals surface area contributed by atoms with Gasteiger partial charge in [-0.3, -0.25) is 0 Å². The van der Waals surface area contributed by atoms with Crippen LogP contribution in [0.4, 0.5) is 0 Å². The van der Waals surface area contributed by atoms with Gasteiger partial charge in [-0.05, 0) is 71.2 Å². The molecule has 6 nitrogen and oxygen atoms in total. The van der Waals surface area contributed by atoms with Crippen LogP contribution >= 0.6 is 0 Å². The van der Waals surface area contributed by atoms with E-state index in [0.717, 1.165) is 40.4 Å². The minimum absolute atomic E-state index is 0.168. The molecule has 0 aliphatic heterocycles. The Hall–Kier alpha value is -3.29. The molecule has 0 spiro atoms. The second-order valence-corrected chi connectivity index (χ2v) is 15.8. The average Bonchev–Trinajstić information content (AvgIpc) is 2.92. The summed E-state index contributed by atoms with van der Waals surface area (Å²) in [6.07, 6.45) is 0.598. The molecule has 0 aliphatic rings. The van der Waals surface area contributed by atoms with Gasteiger partial charge >= 0.3 is 5.97 Å². The van der Waals surface area contributed by atoms with E-state index in [0.29, 0.717) is 19.6 Å². The highest BCUT2D eigenvalue weighted by atomic mass is 28.4. The number of esters is 1. The van der Waals surface area contributed by atoms with Crippen molar-refractivity contribution in [1.29, 1.82) is 0 Å². The third-order valence-corrected chi connectivity index (χ3v) is 11.5. The molecule has 0 fully saturated rings. The predicted molar refractivity (Wildman–Crippen MR) is 158 cm³/mol. The number of hydrogen-bond acceptors (Lipinski definition) is 6. The molecule has 39 heavy (non-hydrogen) atoms. The minimum atomic E-state index is -1.85. The Kier molecular flexibility index (Phi) is 10.6. The third-order valence-electron chi connectivity index (χ3n) is 7.14. The fourth-order valence-corrected chi connectivity index (χ4v) is 4.71. The van der Waals surface area contributed by atoms with Crippen LogP contribution in [0.2, 0.25) is 18.1 Å². The van der Waals surface area contributed by atoms with Gasteiger partial charge in [0.05, 0.1) is 20.3 Å². The number of ether oxygens (including phenoxy) is 4. The van der Waals surface area contributed by atoms with E-state index in [9.17, 15) is 4.79 Å². The van der Waals surface area contributed by atoms with Crippen molar-refractivity contribution in [3.05, 3.63) is 78.4 Å². The highest BCUT2D eigenvalue weighted by molar-refractivity contribution is 6.74. The molecule has 3 aromatic rings. The van der Waals surface area contributed by atoms with Gasteiger partial charge in [-0.25, -0.2) is 4.79 Å². The number of carbonyl (C=O) groups is 1. The molecule has 7 heteroatoms. The Morgan fingerprint density at radius 2 is 1.21 bits per heavy atom. The molecule has 0 aromatic heterocycles. The summed E-state index contributed by atoms with van der Waals surface area (Å²) in [6.45, 7) is 12.4. The lowest BCUT2D eigenvalue weighted by Crippen LogP contribution is -2.43. The molecular weight excluding hydrogens is 508 g/mol. The zero-order chi connectivity index (χ0) is 28.5. The molecule has 1 unspecified atom stereocenters. The molecule has 1 atom stereocenters. The van der Waals surface area contributed by atoms with E-state index in [2.05, 4.69) is 70.3 Å². The van der Waals surface area contributed by atoms with Gasteiger partial charge in [0.1, 0.15) is 17.2 Å². The zero-order valence-electron chi connectivity index (χ0n) is 24.3. The number of carbonyl (C=O) groups excluding carboxylic acids is 1. The molecule has 3 rings (SSSR count). The number of benzene rings is 3. The van der Waals surface area contributed by atoms with Crippen LogP contribution < -0.4 is 13.9 Å². The first kappa shape index (κ1) is 30.3. The maximum Gasteiger partial charge on any atom is 0.335 e. The molecule has 0 bridgehead atoms. The summed E-state index contributed by atoms with van der Waals surface area (Å²) >= 11 is 0. The summed E-state index contributed by atoms with van der Waals surface area (Å²) in [4.78, 5) is 11.7. The summed E-state index contributed by atoms with van der Waals surface area (Å²) in [5.74, 6) is 2.16. The van der Waals surface area contributed by atoms with E-state index >= 15 is 0 Å². The quantitative estimate of drug-likeness (QED) is 0.126. The van der Waals surface area contributed by atoms with Crippen molar-refractivity contribution in [1.82, 2.24) is 0 Å². The van der Waals surface area contributed by atoms with Crippen LogP contribution in [-0.2, 0) is 20.7 Å². The summed E-state index contributed by atoms with van der Waals surface area (Å²) in [5, 5.41) is 0.168. The fraction of sp³-hybridized carbons (Fsp3) is 0.406. The van der Waals surface area contributed by atoms with Crippen molar-refractivity contribution in [3.8, 4) is 28.4 Å². The average molecular weight is 551 g/mol. The zero-order valence-corrected chi connectivity index (χ0v) is 25.3. The van der Waals surface area contributed by atoms with Gasteiger partial charge in [-0.15, -0.1) is 0 Å². The molecule has 0 N–H and O–H groups in total. The largest absolute Gasteiger partial charge is 0.544 e. The Bertz CT molecular complexity index is 1170. The van der Waals surface area contributed by atoms with Gasteiger partial charge in [0.15, 0.2) is 6.10 Å². The number of hydrogen-bond donors (Lipinski definition) is 0. The Balaban J connectivity index is 1.41. The molecule has 0 amide bonds. The molecule has 3 aromatic carbocycles. The van der Waals surface area contributed by atoms with Crippen LogP contribution in [0.5, 0.6) is 17.2 Å². The maximum atomic E-state index is 11.7. The molecular formula is C32H42O6Si. The molecule has 210 valence electrons. The van der Waals surface area contributed by atoms with Gasteiger partial charge in [0.25, 0.3) is 0 Å². The Morgan fingerprint density at radius 3 is 1.64 bits per heavy atom. The van der Waals surface area contributed by atoms with E-state index in [1.54, 1.807) is 0 Å². The van der Waals surface area contributed by atoms with E-state index < -0.39 is 14.4 Å². The van der Waals surface area contributed by atoms with Crippen molar-refractivity contribution in [2.75, 3.05) is 27.4 Å². The summed E-state index contributed by atoms with van der Waals surface area (Å²) < 4.78 is 28.1. The van der Waals surface area contributed by atoms with Crippen LogP contribution in [0, 0.1) is 0 Å². The Morgan fingerprint density at radius 1 is 0.744 bits per heavy atom. The fourth-order valence-electron chi connectivity index (χ4n) is 3.68. The third kappa shape index (κ3) is 8.87. The van der Waals surface area contributed by atoms with Gasteiger partial charge in [0.2, 0.25) is 8.32 Å². The highest BCUT2D eigenvalue weighted by Gasteiger charge is 2.38. The van der Waals surface area contributed by atoms with Gasteiger partial charge in [0, 0.05) is 20.0 Å². The number of methoxy groups -OCH3 is 2. The SMILES string of the molecule is COC(=O)C(Cc1ccc(OCCCOc2ccc(-c3ccc(O[Si](C)(C)C(C)(C)C)cc3)cc2)cc1)OC. The van der Waals surface area contributed by atoms with E-state index in [1.807, 2.05) is 36.4 Å². The van der Waals surface area contributed by atoms with Crippen LogP contribution in [0.3, 0.4) is 0 Å².